The van der Waals surface area contributed by atoms with E-state index in [1.165, 1.54) is 0 Å². The van der Waals surface area contributed by atoms with Gasteiger partial charge in [-0.15, -0.1) is 0 Å². The van der Waals surface area contributed by atoms with Crippen LogP contribution in [0.3, 0.4) is 0 Å². The number of nitrogens with zero attached hydrogens (tertiary/aromatic N) is 2. The van der Waals surface area contributed by atoms with E-state index in [4.69, 9.17) is 25.6 Å². The molecule has 0 radical (unpaired) electrons. The van der Waals surface area contributed by atoms with E-state index in [2.05, 4.69) is 22.9 Å². The van der Waals surface area contributed by atoms with Crippen LogP contribution in [0.5, 0.6) is 11.5 Å². The third kappa shape index (κ3) is 2.86. The molecular formula is C20H21BrN4O2. The van der Waals surface area contributed by atoms with Crippen molar-refractivity contribution >= 4 is 27.7 Å². The molecule has 0 bridgehead atoms. The van der Waals surface area contributed by atoms with Gasteiger partial charge in [-0.2, -0.15) is 0 Å². The van der Waals surface area contributed by atoms with Gasteiger partial charge in [0.1, 0.15) is 19.0 Å². The highest BCUT2D eigenvalue weighted by Gasteiger charge is 2.47. The van der Waals surface area contributed by atoms with E-state index in [1.54, 1.807) is 4.90 Å². The summed E-state index contributed by atoms with van der Waals surface area (Å²) >= 11 is 3.54. The average Bonchev–Trinajstić information content (AvgIpc) is 2.93. The monoisotopic (exact) mass is 428 g/mol. The molecule has 0 saturated heterocycles. The summed E-state index contributed by atoms with van der Waals surface area (Å²) in [6.07, 6.45) is 0.869. The summed E-state index contributed by atoms with van der Waals surface area (Å²) in [4.78, 5) is 6.59. The fourth-order valence-electron chi connectivity index (χ4n) is 3.60. The van der Waals surface area contributed by atoms with Gasteiger partial charge in [0, 0.05) is 11.0 Å². The lowest BCUT2D eigenvalue weighted by Crippen LogP contribution is -2.43. The lowest BCUT2D eigenvalue weighted by atomic mass is 9.82. The number of amidine groups is 1. The summed E-state index contributed by atoms with van der Waals surface area (Å²) < 4.78 is 12.3. The molecule has 0 fully saturated rings. The highest BCUT2D eigenvalue weighted by atomic mass is 79.9. The van der Waals surface area contributed by atoms with Gasteiger partial charge in [-0.25, -0.2) is 4.99 Å². The first-order valence-corrected chi connectivity index (χ1v) is 9.73. The van der Waals surface area contributed by atoms with Gasteiger partial charge < -0.3 is 15.2 Å². The number of benzene rings is 2. The van der Waals surface area contributed by atoms with Crippen LogP contribution in [-0.2, 0) is 5.54 Å². The van der Waals surface area contributed by atoms with E-state index < -0.39 is 5.54 Å². The highest BCUT2D eigenvalue weighted by molar-refractivity contribution is 9.10. The zero-order valence-electron chi connectivity index (χ0n) is 15.0. The van der Waals surface area contributed by atoms with Crippen LogP contribution in [0.15, 0.2) is 51.9 Å². The number of halogens is 1. The Bertz CT molecular complexity index is 930. The quantitative estimate of drug-likeness (QED) is 0.780. The molecule has 4 rings (SSSR count). The van der Waals surface area contributed by atoms with Crippen molar-refractivity contribution in [1.82, 2.24) is 4.90 Å². The number of hydrogen-bond acceptors (Lipinski definition) is 5. The third-order valence-electron chi connectivity index (χ3n) is 4.82. The molecule has 3 N–H and O–H groups in total. The molecule has 2 aromatic carbocycles. The predicted octanol–water partition coefficient (Wildman–Crippen LogP) is 3.48. The summed E-state index contributed by atoms with van der Waals surface area (Å²) in [5.41, 5.74) is 6.94. The number of hydrogen-bond donors (Lipinski definition) is 2. The van der Waals surface area contributed by atoms with Crippen molar-refractivity contribution in [2.24, 2.45) is 10.7 Å². The van der Waals surface area contributed by atoms with E-state index in [0.29, 0.717) is 43.1 Å². The fourth-order valence-corrected chi connectivity index (χ4v) is 4.00. The van der Waals surface area contributed by atoms with Gasteiger partial charge in [0.25, 0.3) is 0 Å². The number of guanidine groups is 1. The molecule has 2 aromatic rings. The largest absolute Gasteiger partial charge is 0.486 e. The molecule has 27 heavy (non-hydrogen) atoms. The molecule has 7 heteroatoms. The topological polar surface area (TPSA) is 83.9 Å². The smallest absolute Gasteiger partial charge is 0.198 e. The van der Waals surface area contributed by atoms with Crippen molar-refractivity contribution in [1.29, 1.82) is 5.41 Å². The molecule has 0 amide bonds. The van der Waals surface area contributed by atoms with Crippen LogP contribution in [0.2, 0.25) is 0 Å². The van der Waals surface area contributed by atoms with Gasteiger partial charge in [-0.05, 0) is 41.8 Å². The molecule has 1 atom stereocenters. The Hall–Kier alpha value is -2.54. The summed E-state index contributed by atoms with van der Waals surface area (Å²) in [6, 6.07) is 13.6. The second-order valence-corrected chi connectivity index (χ2v) is 7.47. The van der Waals surface area contributed by atoms with Crippen LogP contribution >= 0.6 is 15.9 Å². The van der Waals surface area contributed by atoms with Crippen LogP contribution in [0.25, 0.3) is 0 Å². The van der Waals surface area contributed by atoms with E-state index in [9.17, 15) is 0 Å². The van der Waals surface area contributed by atoms with Crippen molar-refractivity contribution < 1.29 is 9.47 Å². The second-order valence-electron chi connectivity index (χ2n) is 6.55. The van der Waals surface area contributed by atoms with Gasteiger partial charge in [0.15, 0.2) is 23.0 Å². The minimum atomic E-state index is -1.02. The third-order valence-corrected chi connectivity index (χ3v) is 5.31. The summed E-state index contributed by atoms with van der Waals surface area (Å²) in [6.45, 7) is 3.75. The van der Waals surface area contributed by atoms with Crippen LogP contribution in [-0.4, -0.2) is 36.5 Å². The Morgan fingerprint density at radius 2 is 1.89 bits per heavy atom. The fraction of sp³-hybridized carbons (Fsp3) is 0.300. The van der Waals surface area contributed by atoms with E-state index in [0.717, 1.165) is 22.0 Å². The molecule has 2 aliphatic rings. The molecular weight excluding hydrogens is 408 g/mol. The molecule has 0 spiro atoms. The Labute approximate surface area is 166 Å². The van der Waals surface area contributed by atoms with Crippen LogP contribution in [0, 0.1) is 5.41 Å². The molecule has 6 nitrogen and oxygen atoms in total. The van der Waals surface area contributed by atoms with Crippen molar-refractivity contribution in [2.75, 3.05) is 19.8 Å². The predicted molar refractivity (Wildman–Crippen MR) is 109 cm³/mol. The first-order chi connectivity index (χ1) is 13.1. The molecule has 0 aromatic heterocycles. The zero-order valence-corrected chi connectivity index (χ0v) is 16.6. The highest BCUT2D eigenvalue weighted by Crippen LogP contribution is 2.43. The summed E-state index contributed by atoms with van der Waals surface area (Å²) in [5, 5.41) is 8.97. The Morgan fingerprint density at radius 1 is 1.15 bits per heavy atom. The van der Waals surface area contributed by atoms with Crippen molar-refractivity contribution in [3.05, 3.63) is 58.1 Å². The first kappa shape index (κ1) is 17.9. The number of ether oxygens (including phenoxy) is 2. The van der Waals surface area contributed by atoms with Gasteiger partial charge in [-0.3, -0.25) is 10.3 Å². The molecule has 0 saturated carbocycles. The molecule has 2 aliphatic heterocycles. The molecule has 0 aliphatic carbocycles. The number of rotatable bonds is 4. The molecule has 140 valence electrons. The number of fused-ring (bicyclic) bond motifs is 1. The van der Waals surface area contributed by atoms with Crippen molar-refractivity contribution in [3.8, 4) is 11.5 Å². The Morgan fingerprint density at radius 3 is 2.63 bits per heavy atom. The molecule has 1 unspecified atom stereocenters. The maximum Gasteiger partial charge on any atom is 0.198 e. The number of aliphatic imine (C=N–C) groups is 1. The first-order valence-electron chi connectivity index (χ1n) is 8.94. The van der Waals surface area contributed by atoms with Crippen LogP contribution in [0.1, 0.15) is 24.5 Å². The lowest BCUT2D eigenvalue weighted by Gasteiger charge is -2.31. The SMILES string of the molecule is CCCN1C(=N)C(c2cccc(Br)c2)(c2ccc3c(c2)OCCO3)N=C1N. The van der Waals surface area contributed by atoms with E-state index in [1.807, 2.05) is 42.5 Å². The van der Waals surface area contributed by atoms with Gasteiger partial charge in [-0.1, -0.05) is 41.1 Å². The summed E-state index contributed by atoms with van der Waals surface area (Å²) in [5.74, 6) is 2.08. The minimum absolute atomic E-state index is 0.344. The van der Waals surface area contributed by atoms with Gasteiger partial charge in [0.05, 0.1) is 0 Å². The number of nitrogens with two attached hydrogens (primary N) is 1. The minimum Gasteiger partial charge on any atom is -0.486 e. The van der Waals surface area contributed by atoms with Gasteiger partial charge >= 0.3 is 0 Å². The van der Waals surface area contributed by atoms with E-state index in [-0.39, 0.29) is 0 Å². The standard InChI is InChI=1S/C20H21BrN4O2/c1-2-8-25-18(22)20(24-19(25)23,13-4-3-5-15(21)11-13)14-6-7-16-17(12-14)27-10-9-26-16/h3-7,11-12,22H,2,8-10H2,1H3,(H2,23,24). The van der Waals surface area contributed by atoms with E-state index >= 15 is 0 Å². The van der Waals surface area contributed by atoms with Crippen molar-refractivity contribution in [3.63, 3.8) is 0 Å². The van der Waals surface area contributed by atoms with Crippen molar-refractivity contribution in [2.45, 2.75) is 18.9 Å². The second kappa shape index (κ2) is 6.88. The lowest BCUT2D eigenvalue weighted by molar-refractivity contribution is 0.171. The molecule has 2 heterocycles. The van der Waals surface area contributed by atoms with Crippen LogP contribution < -0.4 is 15.2 Å². The maximum absolute atomic E-state index is 8.97. The zero-order chi connectivity index (χ0) is 19.0. The summed E-state index contributed by atoms with van der Waals surface area (Å²) in [7, 11) is 0. The number of nitrogens with one attached hydrogen (secondary N) is 1. The normalized spacial score (nSPS) is 21.3. The Kier molecular flexibility index (Phi) is 4.55. The van der Waals surface area contributed by atoms with Crippen LogP contribution in [0.4, 0.5) is 0 Å². The Balaban J connectivity index is 1.92. The van der Waals surface area contributed by atoms with Gasteiger partial charge in [0.2, 0.25) is 0 Å². The maximum atomic E-state index is 8.97. The average molecular weight is 429 g/mol.